The first kappa shape index (κ1) is 17.7. The number of benzene rings is 1. The summed E-state index contributed by atoms with van der Waals surface area (Å²) in [6, 6.07) is 8.74. The zero-order valence-electron chi connectivity index (χ0n) is 15.7. The summed E-state index contributed by atoms with van der Waals surface area (Å²) in [4.78, 5) is 6.85. The number of hydrogen-bond acceptors (Lipinski definition) is 4. The van der Waals surface area contributed by atoms with Crippen molar-refractivity contribution in [3.8, 4) is 5.69 Å². The fourth-order valence-corrected chi connectivity index (χ4v) is 4.77. The van der Waals surface area contributed by atoms with Crippen LogP contribution in [0.2, 0.25) is 0 Å². The van der Waals surface area contributed by atoms with Crippen LogP contribution >= 0.6 is 0 Å². The van der Waals surface area contributed by atoms with Crippen LogP contribution in [0.5, 0.6) is 0 Å². The highest BCUT2D eigenvalue weighted by Gasteiger charge is 2.43. The van der Waals surface area contributed by atoms with E-state index >= 15 is 0 Å². The molecule has 1 aromatic carbocycles. The van der Waals surface area contributed by atoms with Crippen molar-refractivity contribution in [1.29, 1.82) is 0 Å². The predicted molar refractivity (Wildman–Crippen MR) is 103 cm³/mol. The van der Waals surface area contributed by atoms with Gasteiger partial charge in [-0.2, -0.15) is 0 Å². The number of aromatic nitrogens is 2. The molecule has 3 heterocycles. The van der Waals surface area contributed by atoms with E-state index < -0.39 is 5.60 Å². The number of nitrogens with zero attached hydrogens (tertiary/aromatic N) is 3. The molecular formula is C21H30N4O. The molecule has 2 aliphatic rings. The van der Waals surface area contributed by atoms with Crippen LogP contribution in [0.1, 0.15) is 43.5 Å². The number of hydrogen-bond donors (Lipinski definition) is 2. The van der Waals surface area contributed by atoms with Crippen LogP contribution in [0.15, 0.2) is 36.7 Å². The fourth-order valence-electron chi connectivity index (χ4n) is 4.77. The topological polar surface area (TPSA) is 53.3 Å². The maximum atomic E-state index is 11.3. The van der Waals surface area contributed by atoms with Crippen LogP contribution in [-0.4, -0.2) is 50.8 Å². The van der Waals surface area contributed by atoms with E-state index in [1.54, 1.807) is 0 Å². The van der Waals surface area contributed by atoms with E-state index in [-0.39, 0.29) is 0 Å². The Hall–Kier alpha value is -1.69. The highest BCUT2D eigenvalue weighted by molar-refractivity contribution is 5.41. The van der Waals surface area contributed by atoms with E-state index in [1.165, 1.54) is 18.4 Å². The van der Waals surface area contributed by atoms with Gasteiger partial charge in [-0.3, -0.25) is 4.90 Å². The standard InChI is InChI=1S/C21H30N4O/c1-17-23-11-14-25(17)19-8-3-2-7-18(19)15-22-16-21(26)10-6-13-24-12-5-4-9-20(21)24/h2-3,7-8,11,14,20,22,26H,4-6,9-10,12-13,15-16H2,1H3/t20-,21-/m1/s1. The van der Waals surface area contributed by atoms with Crippen molar-refractivity contribution in [2.24, 2.45) is 0 Å². The minimum Gasteiger partial charge on any atom is -0.387 e. The third-order valence-corrected chi connectivity index (χ3v) is 6.11. The Morgan fingerprint density at radius 1 is 1.23 bits per heavy atom. The zero-order chi connectivity index (χ0) is 18.0. The smallest absolute Gasteiger partial charge is 0.110 e. The lowest BCUT2D eigenvalue weighted by molar-refractivity contribution is -0.0919. The molecule has 0 saturated carbocycles. The van der Waals surface area contributed by atoms with Gasteiger partial charge in [0.25, 0.3) is 0 Å². The summed E-state index contributed by atoms with van der Waals surface area (Å²) in [5.74, 6) is 0.987. The van der Waals surface area contributed by atoms with Gasteiger partial charge < -0.3 is 15.0 Å². The van der Waals surface area contributed by atoms with Crippen molar-refractivity contribution in [3.05, 3.63) is 48.0 Å². The van der Waals surface area contributed by atoms with E-state index in [9.17, 15) is 5.11 Å². The van der Waals surface area contributed by atoms with Crippen molar-refractivity contribution in [1.82, 2.24) is 19.8 Å². The van der Waals surface area contributed by atoms with Crippen LogP contribution in [-0.2, 0) is 6.54 Å². The number of nitrogens with one attached hydrogen (secondary N) is 1. The van der Waals surface area contributed by atoms with Crippen LogP contribution < -0.4 is 5.32 Å². The highest BCUT2D eigenvalue weighted by Crippen LogP contribution is 2.33. The van der Waals surface area contributed by atoms with E-state index in [0.29, 0.717) is 12.6 Å². The molecule has 0 radical (unpaired) electrons. The first-order valence-corrected chi connectivity index (χ1v) is 9.93. The molecule has 0 unspecified atom stereocenters. The van der Waals surface area contributed by atoms with Crippen LogP contribution in [0.4, 0.5) is 0 Å². The Labute approximate surface area is 156 Å². The van der Waals surface area contributed by atoms with Gasteiger partial charge in [-0.05, 0) is 57.3 Å². The highest BCUT2D eigenvalue weighted by atomic mass is 16.3. The van der Waals surface area contributed by atoms with Crippen LogP contribution in [0, 0.1) is 6.92 Å². The van der Waals surface area contributed by atoms with Gasteiger partial charge in [0, 0.05) is 31.5 Å². The SMILES string of the molecule is Cc1nccn1-c1ccccc1CNC[C@]1(O)CCCN2CCCC[C@@H]21. The van der Waals surface area contributed by atoms with E-state index in [2.05, 4.69) is 44.0 Å². The van der Waals surface area contributed by atoms with Crippen LogP contribution in [0.25, 0.3) is 5.69 Å². The second kappa shape index (κ2) is 7.51. The molecule has 2 saturated heterocycles. The monoisotopic (exact) mass is 354 g/mol. The van der Waals surface area contributed by atoms with Crippen LogP contribution in [0.3, 0.4) is 0 Å². The second-order valence-corrected chi connectivity index (χ2v) is 7.83. The van der Waals surface area contributed by atoms with Gasteiger partial charge in [0.05, 0.1) is 11.3 Å². The summed E-state index contributed by atoms with van der Waals surface area (Å²) < 4.78 is 2.12. The van der Waals surface area contributed by atoms with E-state index in [4.69, 9.17) is 0 Å². The minimum absolute atomic E-state index is 0.323. The molecule has 0 aliphatic carbocycles. The molecule has 0 bridgehead atoms. The van der Waals surface area contributed by atoms with Crippen molar-refractivity contribution < 1.29 is 5.11 Å². The lowest BCUT2D eigenvalue weighted by Crippen LogP contribution is -2.62. The fraction of sp³-hybridized carbons (Fsp3) is 0.571. The number of rotatable bonds is 5. The quantitative estimate of drug-likeness (QED) is 0.867. The lowest BCUT2D eigenvalue weighted by atomic mass is 9.79. The molecule has 0 amide bonds. The largest absolute Gasteiger partial charge is 0.387 e. The summed E-state index contributed by atoms with van der Waals surface area (Å²) in [6.45, 7) is 5.73. The third kappa shape index (κ3) is 3.43. The first-order chi connectivity index (χ1) is 12.7. The van der Waals surface area contributed by atoms with Gasteiger partial charge in [0.15, 0.2) is 0 Å². The molecule has 0 spiro atoms. The summed E-state index contributed by atoms with van der Waals surface area (Å²) in [5.41, 5.74) is 1.79. The maximum absolute atomic E-state index is 11.3. The van der Waals surface area contributed by atoms with Gasteiger partial charge in [0.2, 0.25) is 0 Å². The molecule has 2 fully saturated rings. The molecule has 1 aromatic heterocycles. The average molecular weight is 354 g/mol. The number of piperidine rings is 2. The molecular weight excluding hydrogens is 324 g/mol. The third-order valence-electron chi connectivity index (χ3n) is 6.11. The Bertz CT molecular complexity index is 741. The molecule has 2 atom stereocenters. The van der Waals surface area contributed by atoms with Gasteiger partial charge in [-0.25, -0.2) is 4.98 Å². The number of imidazole rings is 1. The van der Waals surface area contributed by atoms with Gasteiger partial charge in [-0.1, -0.05) is 24.6 Å². The van der Waals surface area contributed by atoms with Gasteiger partial charge in [-0.15, -0.1) is 0 Å². The molecule has 4 rings (SSSR count). The normalized spacial score (nSPS) is 26.6. The lowest BCUT2D eigenvalue weighted by Gasteiger charge is -2.49. The predicted octanol–water partition coefficient (Wildman–Crippen LogP) is 2.65. The Morgan fingerprint density at radius 2 is 2.08 bits per heavy atom. The Morgan fingerprint density at radius 3 is 2.92 bits per heavy atom. The summed E-state index contributed by atoms with van der Waals surface area (Å²) in [5, 5.41) is 14.9. The Balaban J connectivity index is 1.44. The number of fused-ring (bicyclic) bond motifs is 1. The number of aryl methyl sites for hydroxylation is 1. The van der Waals surface area contributed by atoms with Crippen molar-refractivity contribution in [3.63, 3.8) is 0 Å². The van der Waals surface area contributed by atoms with E-state index in [0.717, 1.165) is 50.4 Å². The molecule has 5 heteroatoms. The number of aliphatic hydroxyl groups is 1. The molecule has 140 valence electrons. The molecule has 2 N–H and O–H groups in total. The first-order valence-electron chi connectivity index (χ1n) is 9.93. The number of para-hydroxylation sites is 1. The molecule has 2 aromatic rings. The van der Waals surface area contributed by atoms with Gasteiger partial charge in [0.1, 0.15) is 5.82 Å². The summed E-state index contributed by atoms with van der Waals surface area (Å²) in [7, 11) is 0. The summed E-state index contributed by atoms with van der Waals surface area (Å²) in [6.07, 6.45) is 9.49. The zero-order valence-corrected chi connectivity index (χ0v) is 15.7. The molecule has 2 aliphatic heterocycles. The van der Waals surface area contributed by atoms with Crippen molar-refractivity contribution in [2.75, 3.05) is 19.6 Å². The molecule has 26 heavy (non-hydrogen) atoms. The van der Waals surface area contributed by atoms with Crippen molar-refractivity contribution in [2.45, 2.75) is 57.2 Å². The summed E-state index contributed by atoms with van der Waals surface area (Å²) >= 11 is 0. The van der Waals surface area contributed by atoms with Crippen molar-refractivity contribution >= 4 is 0 Å². The van der Waals surface area contributed by atoms with Gasteiger partial charge >= 0.3 is 0 Å². The Kier molecular flexibility index (Phi) is 5.11. The average Bonchev–Trinajstić information content (AvgIpc) is 3.08. The maximum Gasteiger partial charge on any atom is 0.110 e. The van der Waals surface area contributed by atoms with E-state index in [1.807, 2.05) is 19.3 Å². The molecule has 5 nitrogen and oxygen atoms in total. The second-order valence-electron chi connectivity index (χ2n) is 7.83. The minimum atomic E-state index is -0.599.